The quantitative estimate of drug-likeness (QED) is 0.157. The molecule has 6 aliphatic rings. The number of rotatable bonds is 8. The molecule has 1 saturated carbocycles. The van der Waals surface area contributed by atoms with E-state index >= 15 is 13.6 Å². The summed E-state index contributed by atoms with van der Waals surface area (Å²) in [6.45, 7) is 7.60. The van der Waals surface area contributed by atoms with Gasteiger partial charge in [0, 0.05) is 109 Å². The minimum atomic E-state index is -2.99. The maximum atomic E-state index is 15.5. The van der Waals surface area contributed by atoms with E-state index in [0.29, 0.717) is 77.3 Å². The zero-order valence-electron chi connectivity index (χ0n) is 37.1. The molecule has 2 saturated heterocycles. The van der Waals surface area contributed by atoms with Crippen LogP contribution in [0.3, 0.4) is 0 Å². The summed E-state index contributed by atoms with van der Waals surface area (Å²) in [5.41, 5.74) is -1.83. The Morgan fingerprint density at radius 2 is 1.76 bits per heavy atom. The van der Waals surface area contributed by atoms with Crippen LogP contribution in [0.5, 0.6) is 5.75 Å². The van der Waals surface area contributed by atoms with Gasteiger partial charge < -0.3 is 39.3 Å². The van der Waals surface area contributed by atoms with Crippen LogP contribution in [0.2, 0.25) is 0 Å². The molecule has 9 rings (SSSR count). The number of H-pyrrole nitrogens is 1. The van der Waals surface area contributed by atoms with E-state index < -0.39 is 75.7 Å². The maximum absolute atomic E-state index is 15.5. The third kappa shape index (κ3) is 5.88. The molecule has 1 spiro atoms. The van der Waals surface area contributed by atoms with Gasteiger partial charge in [0.2, 0.25) is 17.4 Å². The molecule has 1 amide bonds. The Kier molecular flexibility index (Phi) is 10.1. The van der Waals surface area contributed by atoms with Crippen molar-refractivity contribution < 1.29 is 52.0 Å². The van der Waals surface area contributed by atoms with Crippen molar-refractivity contribution in [3.05, 3.63) is 64.9 Å². The van der Waals surface area contributed by atoms with Crippen molar-refractivity contribution >= 4 is 46.1 Å². The lowest BCUT2D eigenvalue weighted by atomic mass is 9.47. The molecule has 3 unspecified atom stereocenters. The van der Waals surface area contributed by atoms with E-state index in [1.807, 2.05) is 53.1 Å². The van der Waals surface area contributed by atoms with Crippen molar-refractivity contribution in [1.82, 2.24) is 14.8 Å². The number of hydrogen-bond donors (Lipinski definition) is 3. The van der Waals surface area contributed by atoms with Crippen LogP contribution in [0.15, 0.2) is 42.5 Å². The van der Waals surface area contributed by atoms with Crippen LogP contribution >= 0.6 is 0 Å². The van der Waals surface area contributed by atoms with Crippen molar-refractivity contribution in [1.29, 1.82) is 0 Å². The maximum Gasteiger partial charge on any atom is 0.344 e. The summed E-state index contributed by atoms with van der Waals surface area (Å²) < 4.78 is 54.6. The van der Waals surface area contributed by atoms with Crippen LogP contribution in [-0.2, 0) is 50.8 Å². The van der Waals surface area contributed by atoms with Crippen molar-refractivity contribution in [2.75, 3.05) is 64.8 Å². The fourth-order valence-corrected chi connectivity index (χ4v) is 13.6. The van der Waals surface area contributed by atoms with E-state index in [2.05, 4.69) is 15.2 Å². The smallest absolute Gasteiger partial charge is 0.344 e. The number of nitrogens with zero attached hydrogens (tertiary/aromatic N) is 3. The summed E-state index contributed by atoms with van der Waals surface area (Å²) in [5.74, 6) is -6.53. The van der Waals surface area contributed by atoms with Gasteiger partial charge in [-0.2, -0.15) is 0 Å². The van der Waals surface area contributed by atoms with Crippen LogP contribution < -0.4 is 15.0 Å². The van der Waals surface area contributed by atoms with E-state index in [4.69, 9.17) is 18.9 Å². The summed E-state index contributed by atoms with van der Waals surface area (Å²) >= 11 is 0. The Morgan fingerprint density at radius 3 is 2.41 bits per heavy atom. The number of aromatic nitrogens is 1. The SMILES string of the molecule is CCC12C=CCN3CC[C@@]4(c5cc([C@@]6(C(=O)OC)C[C@H]7CC(C(C)(F)F)CN(Cc8c6[nH]c6ccc(NC(C)=O)cc86)C7)c(OC)cc5N(C)[C@H]4[C@@](O)(C(=O)OC)[C@@H]1OC(C)=O)[C@@H]32. The second kappa shape index (κ2) is 14.7. The Balaban J connectivity index is 1.36. The minimum Gasteiger partial charge on any atom is -0.496 e. The van der Waals surface area contributed by atoms with E-state index in [0.717, 1.165) is 12.5 Å². The molecule has 5 aliphatic heterocycles. The summed E-state index contributed by atoms with van der Waals surface area (Å²) in [6.07, 6.45) is 3.79. The van der Waals surface area contributed by atoms with Gasteiger partial charge in [0.25, 0.3) is 0 Å². The molecule has 3 fully saturated rings. The highest BCUT2D eigenvalue weighted by Crippen LogP contribution is 2.68. The number of aromatic amines is 1. The largest absolute Gasteiger partial charge is 0.496 e. The predicted molar refractivity (Wildman–Crippen MR) is 229 cm³/mol. The van der Waals surface area contributed by atoms with Crippen LogP contribution in [0.25, 0.3) is 10.9 Å². The van der Waals surface area contributed by atoms with Crippen molar-refractivity contribution in [3.8, 4) is 5.75 Å². The number of benzene rings is 2. The summed E-state index contributed by atoms with van der Waals surface area (Å²) in [6, 6.07) is 7.83. The van der Waals surface area contributed by atoms with E-state index in [1.54, 1.807) is 13.1 Å². The zero-order chi connectivity index (χ0) is 45.2. The Morgan fingerprint density at radius 1 is 1.02 bits per heavy atom. The molecule has 10 atom stereocenters. The average molecular weight is 874 g/mol. The number of carbonyl (C=O) groups excluding carboxylic acids is 4. The van der Waals surface area contributed by atoms with Gasteiger partial charge in [-0.1, -0.05) is 19.1 Å². The van der Waals surface area contributed by atoms with Crippen LogP contribution in [0, 0.1) is 17.3 Å². The van der Waals surface area contributed by atoms with Crippen molar-refractivity contribution in [3.63, 3.8) is 0 Å². The number of methoxy groups -OCH3 is 3. The number of likely N-dealkylation sites (N-methyl/N-ethyl adjacent to an activating group) is 1. The number of amides is 1. The average Bonchev–Trinajstić information content (AvgIpc) is 3.89. The molecule has 1 aliphatic carbocycles. The van der Waals surface area contributed by atoms with Crippen LogP contribution in [0.1, 0.15) is 75.8 Å². The summed E-state index contributed by atoms with van der Waals surface area (Å²) in [5, 5.41) is 16.9. The van der Waals surface area contributed by atoms with E-state index in [1.165, 1.54) is 35.2 Å². The number of hydrogen-bond acceptors (Lipinski definition) is 12. The highest BCUT2D eigenvalue weighted by molar-refractivity contribution is 5.97. The number of carbonyl (C=O) groups is 4. The first-order chi connectivity index (χ1) is 29.8. The second-order valence-electron chi connectivity index (χ2n) is 18.9. The number of anilines is 2. The Bertz CT molecular complexity index is 2450. The number of halogens is 2. The normalized spacial score (nSPS) is 34.2. The second-order valence-corrected chi connectivity index (χ2v) is 18.9. The third-order valence-electron chi connectivity index (χ3n) is 15.7. The molecule has 63 heavy (non-hydrogen) atoms. The molecule has 16 heteroatoms. The number of ether oxygens (including phenoxy) is 4. The summed E-state index contributed by atoms with van der Waals surface area (Å²) in [4.78, 5) is 64.8. The number of alkyl halides is 2. The van der Waals surface area contributed by atoms with Gasteiger partial charge in [-0.15, -0.1) is 0 Å². The molecule has 6 heterocycles. The van der Waals surface area contributed by atoms with Gasteiger partial charge in [-0.3, -0.25) is 24.2 Å². The molecule has 14 nitrogen and oxygen atoms in total. The van der Waals surface area contributed by atoms with Gasteiger partial charge in [0.05, 0.1) is 27.4 Å². The first-order valence-corrected chi connectivity index (χ1v) is 21.8. The lowest BCUT2D eigenvalue weighted by Gasteiger charge is -2.63. The predicted octanol–water partition coefficient (Wildman–Crippen LogP) is 5.04. The molecule has 3 N–H and O–H groups in total. The van der Waals surface area contributed by atoms with Crippen molar-refractivity contribution in [2.24, 2.45) is 17.3 Å². The molecular weight excluding hydrogens is 817 g/mol. The van der Waals surface area contributed by atoms with Gasteiger partial charge in [0.1, 0.15) is 11.2 Å². The van der Waals surface area contributed by atoms with Gasteiger partial charge in [-0.25, -0.2) is 13.6 Å². The molecule has 3 aromatic rings. The number of esters is 3. The van der Waals surface area contributed by atoms with Gasteiger partial charge in [0.15, 0.2) is 6.10 Å². The number of fused-ring (bicyclic) bond motifs is 6. The van der Waals surface area contributed by atoms with Crippen LogP contribution in [0.4, 0.5) is 20.2 Å². The first-order valence-electron chi connectivity index (χ1n) is 21.8. The number of aliphatic hydroxyl groups is 1. The highest BCUT2D eigenvalue weighted by atomic mass is 19.3. The standard InChI is InChI=1S/C47H57F2N5O9/c1-9-44-13-10-15-54-16-14-45(38(44)54)32-19-33(36(60-6)20-35(32)52(5)39(45)47(59,42(58)62-8)40(44)63-26(3)56)46(41(57)61-7)21-27-17-28(43(4,48)49)23-53(22-27)24-31-30-18-29(50-25(2)55)11-12-34(30)51-37(31)46/h10-13,18-20,27-28,38-40,51,59H,9,14-17,21-24H2,1-8H3,(H,50,55)/t27-,28?,38+,39-,40-,44?,45-,46+,47+/m1/s1. The minimum absolute atomic E-state index is 0.0837. The van der Waals surface area contributed by atoms with E-state index in [9.17, 15) is 19.5 Å². The zero-order valence-corrected chi connectivity index (χ0v) is 37.1. The fraction of sp³-hybridized carbons (Fsp3) is 0.574. The highest BCUT2D eigenvalue weighted by Gasteiger charge is 2.80. The van der Waals surface area contributed by atoms with Crippen molar-refractivity contribution in [2.45, 2.75) is 100 Å². The molecule has 338 valence electrons. The topological polar surface area (TPSA) is 163 Å². The molecule has 2 aromatic carbocycles. The van der Waals surface area contributed by atoms with Gasteiger partial charge in [-0.05, 0) is 80.5 Å². The molecule has 2 bridgehead atoms. The number of piperidine rings is 1. The monoisotopic (exact) mass is 873 g/mol. The van der Waals surface area contributed by atoms with E-state index in [-0.39, 0.29) is 31.8 Å². The van der Waals surface area contributed by atoms with Crippen LogP contribution in [-0.4, -0.2) is 128 Å². The Hall–Kier alpha value is -5.06. The molecular formula is C47H57F2N5O9. The lowest BCUT2D eigenvalue weighted by Crippen LogP contribution is -2.81. The summed E-state index contributed by atoms with van der Waals surface area (Å²) in [7, 11) is 5.84. The third-order valence-corrected chi connectivity index (χ3v) is 15.7. The molecule has 1 aromatic heterocycles. The van der Waals surface area contributed by atoms with Gasteiger partial charge >= 0.3 is 17.9 Å². The number of nitrogens with one attached hydrogen (secondary N) is 2. The fourth-order valence-electron chi connectivity index (χ4n) is 13.6. The first kappa shape index (κ1) is 43.2. The molecule has 0 radical (unpaired) electrons. The lowest BCUT2D eigenvalue weighted by molar-refractivity contribution is -0.228. The Labute approximate surface area is 365 Å².